The first-order valence-corrected chi connectivity index (χ1v) is 7.75. The number of nitrogens with two attached hydrogens (primary N) is 1. The van der Waals surface area contributed by atoms with Gasteiger partial charge in [0, 0.05) is 18.3 Å². The van der Waals surface area contributed by atoms with Gasteiger partial charge in [0.2, 0.25) is 0 Å². The zero-order valence-electron chi connectivity index (χ0n) is 13.6. The summed E-state index contributed by atoms with van der Waals surface area (Å²) in [6.45, 7) is 2.59. The summed E-state index contributed by atoms with van der Waals surface area (Å²) in [6, 6.07) is 12.7. The van der Waals surface area contributed by atoms with E-state index >= 15 is 0 Å². The maximum absolute atomic E-state index is 13.9. The van der Waals surface area contributed by atoms with Gasteiger partial charge in [-0.25, -0.2) is 18.7 Å². The van der Waals surface area contributed by atoms with Crippen molar-refractivity contribution in [1.82, 2.24) is 9.97 Å². The summed E-state index contributed by atoms with van der Waals surface area (Å²) >= 11 is 0. The van der Waals surface area contributed by atoms with Gasteiger partial charge in [-0.1, -0.05) is 18.2 Å². The molecule has 1 heterocycles. The number of anilines is 5. The van der Waals surface area contributed by atoms with Gasteiger partial charge in [0.15, 0.2) is 11.6 Å². The predicted molar refractivity (Wildman–Crippen MR) is 95.2 cm³/mol. The monoisotopic (exact) mass is 341 g/mol. The number of benzene rings is 2. The van der Waals surface area contributed by atoms with Crippen LogP contribution >= 0.6 is 0 Å². The Bertz CT molecular complexity index is 871. The number of nitrogens with zero attached hydrogens (tertiary/aromatic N) is 3. The van der Waals surface area contributed by atoms with E-state index < -0.39 is 11.6 Å². The number of hydrogen-bond donors (Lipinski definition) is 2. The van der Waals surface area contributed by atoms with Crippen molar-refractivity contribution >= 4 is 28.7 Å². The minimum absolute atomic E-state index is 0.0425. The molecule has 0 amide bonds. The Balaban J connectivity index is 1.98. The third-order valence-corrected chi connectivity index (χ3v) is 3.68. The zero-order valence-corrected chi connectivity index (χ0v) is 13.6. The molecule has 0 unspecified atom stereocenters. The highest BCUT2D eigenvalue weighted by Crippen LogP contribution is 2.33. The van der Waals surface area contributed by atoms with E-state index in [-0.39, 0.29) is 17.2 Å². The van der Waals surface area contributed by atoms with Crippen LogP contribution in [0, 0.1) is 11.6 Å². The molecule has 0 saturated heterocycles. The number of nitrogens with one attached hydrogen (secondary N) is 1. The Labute approximate surface area is 144 Å². The molecule has 0 radical (unpaired) electrons. The molecule has 0 bridgehead atoms. The number of para-hydroxylation sites is 1. The molecule has 5 nitrogen and oxygen atoms in total. The standard InChI is InChI=1S/C18H17F2N5/c1-2-25(13-6-4-3-5-7-13)18-16(21)17(22-11-23-18)24-15-10-12(19)8-9-14(15)20/h3-11H,2,21H2,1H3,(H,22,23,24). The van der Waals surface area contributed by atoms with E-state index in [1.54, 1.807) is 0 Å². The average Bonchev–Trinajstić information content (AvgIpc) is 2.63. The van der Waals surface area contributed by atoms with E-state index in [0.717, 1.165) is 23.9 Å². The molecular weight excluding hydrogens is 324 g/mol. The summed E-state index contributed by atoms with van der Waals surface area (Å²) in [7, 11) is 0. The molecule has 7 heteroatoms. The topological polar surface area (TPSA) is 67.1 Å². The quantitative estimate of drug-likeness (QED) is 0.726. The second-order valence-corrected chi connectivity index (χ2v) is 5.29. The van der Waals surface area contributed by atoms with Crippen LogP contribution in [0.25, 0.3) is 0 Å². The maximum atomic E-state index is 13.9. The SMILES string of the molecule is CCN(c1ccccc1)c1ncnc(Nc2cc(F)ccc2F)c1N. The Morgan fingerprint density at radius 3 is 2.56 bits per heavy atom. The van der Waals surface area contributed by atoms with E-state index in [2.05, 4.69) is 15.3 Å². The second-order valence-electron chi connectivity index (χ2n) is 5.29. The lowest BCUT2D eigenvalue weighted by Gasteiger charge is -2.24. The number of nitrogen functional groups attached to an aromatic ring is 1. The molecule has 3 N–H and O–H groups in total. The largest absolute Gasteiger partial charge is 0.393 e. The molecule has 0 spiro atoms. The molecule has 0 aliphatic heterocycles. The number of hydrogen-bond acceptors (Lipinski definition) is 5. The molecular formula is C18H17F2N5. The van der Waals surface area contributed by atoms with Crippen LogP contribution in [0.5, 0.6) is 0 Å². The van der Waals surface area contributed by atoms with E-state index in [9.17, 15) is 8.78 Å². The number of halogens is 2. The van der Waals surface area contributed by atoms with Gasteiger partial charge in [0.25, 0.3) is 0 Å². The van der Waals surface area contributed by atoms with Crippen LogP contribution in [0.15, 0.2) is 54.9 Å². The van der Waals surface area contributed by atoms with Gasteiger partial charge in [0.1, 0.15) is 23.6 Å². The average molecular weight is 341 g/mol. The van der Waals surface area contributed by atoms with Crippen LogP contribution in [-0.4, -0.2) is 16.5 Å². The van der Waals surface area contributed by atoms with Crippen LogP contribution in [0.3, 0.4) is 0 Å². The van der Waals surface area contributed by atoms with Crippen molar-refractivity contribution in [2.45, 2.75) is 6.92 Å². The van der Waals surface area contributed by atoms with Crippen molar-refractivity contribution in [3.8, 4) is 0 Å². The van der Waals surface area contributed by atoms with Gasteiger partial charge in [-0.15, -0.1) is 0 Å². The second kappa shape index (κ2) is 7.12. The minimum Gasteiger partial charge on any atom is -0.393 e. The fourth-order valence-corrected chi connectivity index (χ4v) is 2.48. The Kier molecular flexibility index (Phi) is 4.74. The Hall–Kier alpha value is -3.22. The Morgan fingerprint density at radius 2 is 1.84 bits per heavy atom. The van der Waals surface area contributed by atoms with Gasteiger partial charge < -0.3 is 16.0 Å². The van der Waals surface area contributed by atoms with Crippen molar-refractivity contribution in [2.75, 3.05) is 22.5 Å². The molecule has 3 rings (SSSR count). The van der Waals surface area contributed by atoms with Crippen molar-refractivity contribution < 1.29 is 8.78 Å². The first kappa shape index (κ1) is 16.6. The first-order valence-electron chi connectivity index (χ1n) is 7.75. The molecule has 0 atom stereocenters. The number of aromatic nitrogens is 2. The third-order valence-electron chi connectivity index (χ3n) is 3.68. The van der Waals surface area contributed by atoms with Gasteiger partial charge in [-0.3, -0.25) is 0 Å². The van der Waals surface area contributed by atoms with Crippen molar-refractivity contribution in [3.63, 3.8) is 0 Å². The summed E-state index contributed by atoms with van der Waals surface area (Å²) in [5.74, 6) is -0.459. The van der Waals surface area contributed by atoms with Crippen LogP contribution in [0.4, 0.5) is 37.5 Å². The molecule has 3 aromatic rings. The Morgan fingerprint density at radius 1 is 1.08 bits per heavy atom. The molecule has 0 saturated carbocycles. The molecule has 25 heavy (non-hydrogen) atoms. The molecule has 0 aliphatic carbocycles. The summed E-state index contributed by atoms with van der Waals surface area (Å²) in [4.78, 5) is 10.2. The summed E-state index contributed by atoms with van der Waals surface area (Å²) in [5, 5.41) is 2.73. The van der Waals surface area contributed by atoms with Crippen LogP contribution in [0.1, 0.15) is 6.92 Å². The van der Waals surface area contributed by atoms with E-state index in [4.69, 9.17) is 5.73 Å². The normalized spacial score (nSPS) is 10.5. The zero-order chi connectivity index (χ0) is 17.8. The summed E-state index contributed by atoms with van der Waals surface area (Å²) in [6.07, 6.45) is 1.33. The first-order chi connectivity index (χ1) is 12.1. The molecule has 1 aromatic heterocycles. The van der Waals surface area contributed by atoms with Gasteiger partial charge in [0.05, 0.1) is 5.69 Å². The highest BCUT2D eigenvalue weighted by Gasteiger charge is 2.16. The molecule has 0 fully saturated rings. The van der Waals surface area contributed by atoms with Crippen molar-refractivity contribution in [3.05, 3.63) is 66.5 Å². The molecule has 128 valence electrons. The highest BCUT2D eigenvalue weighted by atomic mass is 19.1. The van der Waals surface area contributed by atoms with E-state index in [1.807, 2.05) is 42.2 Å². The fraction of sp³-hybridized carbons (Fsp3) is 0.111. The van der Waals surface area contributed by atoms with Gasteiger partial charge >= 0.3 is 0 Å². The van der Waals surface area contributed by atoms with Crippen LogP contribution in [-0.2, 0) is 0 Å². The summed E-state index contributed by atoms with van der Waals surface area (Å²) < 4.78 is 27.2. The van der Waals surface area contributed by atoms with Crippen LogP contribution in [0.2, 0.25) is 0 Å². The van der Waals surface area contributed by atoms with Crippen molar-refractivity contribution in [2.24, 2.45) is 0 Å². The predicted octanol–water partition coefficient (Wildman–Crippen LogP) is 4.24. The third kappa shape index (κ3) is 3.50. The minimum atomic E-state index is -0.601. The molecule has 2 aromatic carbocycles. The molecule has 0 aliphatic rings. The number of rotatable bonds is 5. The summed E-state index contributed by atoms with van der Waals surface area (Å²) in [5.41, 5.74) is 7.31. The lowest BCUT2D eigenvalue weighted by atomic mass is 10.2. The smallest absolute Gasteiger partial charge is 0.161 e. The van der Waals surface area contributed by atoms with Crippen LogP contribution < -0.4 is 16.0 Å². The van der Waals surface area contributed by atoms with E-state index in [0.29, 0.717) is 12.4 Å². The lowest BCUT2D eigenvalue weighted by Crippen LogP contribution is -2.19. The maximum Gasteiger partial charge on any atom is 0.161 e. The fourth-order valence-electron chi connectivity index (χ4n) is 2.48. The highest BCUT2D eigenvalue weighted by molar-refractivity contribution is 5.81. The van der Waals surface area contributed by atoms with Gasteiger partial charge in [-0.05, 0) is 31.2 Å². The van der Waals surface area contributed by atoms with Crippen molar-refractivity contribution in [1.29, 1.82) is 0 Å². The van der Waals surface area contributed by atoms with E-state index in [1.165, 1.54) is 6.33 Å². The lowest BCUT2D eigenvalue weighted by molar-refractivity contribution is 0.603. The van der Waals surface area contributed by atoms with Gasteiger partial charge in [-0.2, -0.15) is 0 Å².